The fourth-order valence-corrected chi connectivity index (χ4v) is 1.72. The Labute approximate surface area is 75.3 Å². The first-order valence-corrected chi connectivity index (χ1v) is 6.24. The molecule has 0 aliphatic heterocycles. The fourth-order valence-electron chi connectivity index (χ4n) is 0.651. The summed E-state index contributed by atoms with van der Waals surface area (Å²) in [4.78, 5) is 16.8. The molecule has 0 saturated heterocycles. The van der Waals surface area contributed by atoms with Crippen LogP contribution in [0.4, 0.5) is 0 Å². The van der Waals surface area contributed by atoms with Crippen molar-refractivity contribution >= 4 is 5.91 Å². The molecule has 60 valence electrons. The molecule has 0 atom stereocenters. The van der Waals surface area contributed by atoms with Crippen LogP contribution in [0.3, 0.4) is 0 Å². The Kier molecular flexibility index (Phi) is 2.81. The van der Waals surface area contributed by atoms with Gasteiger partial charge in [0.1, 0.15) is 0 Å². The van der Waals surface area contributed by atoms with Crippen LogP contribution in [0.1, 0.15) is 10.5 Å². The number of nitrogens with zero attached hydrogens (tertiary/aromatic N) is 1. The zero-order valence-corrected chi connectivity index (χ0v) is 8.20. The standard InChI is InChI=1S/C7H8IN2O/c1-8-6-4-2-3-5(10-6)7(9)11/h2-4H,1H3,(H2,9,11)/q-1. The Morgan fingerprint density at radius 2 is 2.36 bits per heavy atom. The first-order chi connectivity index (χ1) is 5.24. The topological polar surface area (TPSA) is 56.0 Å². The van der Waals surface area contributed by atoms with Gasteiger partial charge in [0.15, 0.2) is 0 Å². The summed E-state index contributed by atoms with van der Waals surface area (Å²) in [7, 11) is 0. The minimum absolute atomic E-state index is 0.0519. The number of primary amides is 1. The Balaban J connectivity index is 3.01. The van der Waals surface area contributed by atoms with Gasteiger partial charge in [0.25, 0.3) is 0 Å². The third-order valence-electron chi connectivity index (χ3n) is 1.16. The molecule has 1 aromatic rings. The normalized spacial score (nSPS) is 9.91. The van der Waals surface area contributed by atoms with E-state index in [-0.39, 0.29) is 21.2 Å². The maximum absolute atomic E-state index is 10.6. The maximum atomic E-state index is 10.6. The average Bonchev–Trinajstić information content (AvgIpc) is 2.05. The Morgan fingerprint density at radius 1 is 1.64 bits per heavy atom. The van der Waals surface area contributed by atoms with E-state index in [1.807, 2.05) is 12.1 Å². The summed E-state index contributed by atoms with van der Waals surface area (Å²) in [6.07, 6.45) is 0. The molecule has 0 spiro atoms. The summed E-state index contributed by atoms with van der Waals surface area (Å²) in [5.74, 6) is -0.454. The number of carbonyl (C=O) groups is 1. The van der Waals surface area contributed by atoms with Crippen LogP contribution in [0.25, 0.3) is 0 Å². The Bertz CT molecular complexity index is 275. The second-order valence-corrected chi connectivity index (χ2v) is 4.08. The van der Waals surface area contributed by atoms with Gasteiger partial charge in [-0.05, 0) is 0 Å². The summed E-state index contributed by atoms with van der Waals surface area (Å²) < 4.78 is 1.00. The van der Waals surface area contributed by atoms with E-state index in [1.54, 1.807) is 6.07 Å². The van der Waals surface area contributed by atoms with Gasteiger partial charge >= 0.3 is 75.1 Å². The first kappa shape index (κ1) is 8.45. The predicted octanol–water partition coefficient (Wildman–Crippen LogP) is -2.93. The van der Waals surface area contributed by atoms with Crippen molar-refractivity contribution in [1.82, 2.24) is 4.98 Å². The van der Waals surface area contributed by atoms with Gasteiger partial charge in [-0.15, -0.1) is 0 Å². The number of hydrogen-bond acceptors (Lipinski definition) is 2. The van der Waals surface area contributed by atoms with Crippen molar-refractivity contribution < 1.29 is 26.0 Å². The van der Waals surface area contributed by atoms with E-state index in [1.165, 1.54) is 0 Å². The van der Waals surface area contributed by atoms with Crippen molar-refractivity contribution in [2.24, 2.45) is 5.73 Å². The Morgan fingerprint density at radius 3 is 2.91 bits per heavy atom. The molecule has 3 nitrogen and oxygen atoms in total. The molecular weight excluding hydrogens is 255 g/mol. The van der Waals surface area contributed by atoms with Gasteiger partial charge in [-0.25, -0.2) is 0 Å². The molecule has 0 fully saturated rings. The van der Waals surface area contributed by atoms with Crippen molar-refractivity contribution in [3.8, 4) is 0 Å². The number of rotatable bonds is 2. The van der Waals surface area contributed by atoms with Crippen LogP contribution in [-0.2, 0) is 0 Å². The third-order valence-corrected chi connectivity index (χ3v) is 2.87. The average molecular weight is 263 g/mol. The quantitative estimate of drug-likeness (QED) is 0.353. The Hall–Kier alpha value is -0.650. The van der Waals surface area contributed by atoms with E-state index in [0.29, 0.717) is 5.69 Å². The molecule has 1 amide bonds. The van der Waals surface area contributed by atoms with Gasteiger partial charge in [0, 0.05) is 0 Å². The number of pyridine rings is 1. The number of aromatic nitrogens is 1. The summed E-state index contributed by atoms with van der Waals surface area (Å²) in [5, 5.41) is 0. The number of nitrogens with two attached hydrogens (primary N) is 1. The van der Waals surface area contributed by atoms with Crippen molar-refractivity contribution in [3.05, 3.63) is 27.6 Å². The second kappa shape index (κ2) is 3.66. The van der Waals surface area contributed by atoms with Crippen molar-refractivity contribution in [2.45, 2.75) is 0 Å². The summed E-state index contributed by atoms with van der Waals surface area (Å²) in [6.45, 7) is 0. The monoisotopic (exact) mass is 263 g/mol. The predicted molar refractivity (Wildman–Crippen MR) is 37.4 cm³/mol. The van der Waals surface area contributed by atoms with Crippen LogP contribution in [0.5, 0.6) is 0 Å². The van der Waals surface area contributed by atoms with Gasteiger partial charge in [-0.3, -0.25) is 0 Å². The molecule has 2 N–H and O–H groups in total. The van der Waals surface area contributed by atoms with Crippen LogP contribution in [0.2, 0.25) is 0 Å². The molecule has 0 bridgehead atoms. The second-order valence-electron chi connectivity index (χ2n) is 1.90. The summed E-state index contributed by atoms with van der Waals surface area (Å²) >= 11 is -0.0519. The summed E-state index contributed by atoms with van der Waals surface area (Å²) in [5.41, 5.74) is 5.41. The minimum atomic E-state index is -0.454. The fraction of sp³-hybridized carbons (Fsp3) is 0.143. The van der Waals surface area contributed by atoms with Crippen molar-refractivity contribution in [3.63, 3.8) is 0 Å². The van der Waals surface area contributed by atoms with Crippen LogP contribution in [0, 0.1) is 3.70 Å². The van der Waals surface area contributed by atoms with E-state index < -0.39 is 5.91 Å². The van der Waals surface area contributed by atoms with Gasteiger partial charge in [-0.2, -0.15) is 0 Å². The zero-order valence-electron chi connectivity index (χ0n) is 6.04. The summed E-state index contributed by atoms with van der Waals surface area (Å²) in [6, 6.07) is 5.36. The number of hydrogen-bond donors (Lipinski definition) is 1. The molecule has 0 aromatic carbocycles. The molecule has 1 rings (SSSR count). The molecule has 0 radical (unpaired) electrons. The third kappa shape index (κ3) is 2.14. The molecule has 1 heterocycles. The van der Waals surface area contributed by atoms with Crippen molar-refractivity contribution in [1.29, 1.82) is 0 Å². The number of amides is 1. The molecule has 0 unspecified atom stereocenters. The zero-order chi connectivity index (χ0) is 8.27. The number of carbonyl (C=O) groups excluding carboxylic acids is 1. The first-order valence-electron chi connectivity index (χ1n) is 3.00. The SMILES string of the molecule is C[I-]c1cccc(C(N)=O)n1. The van der Waals surface area contributed by atoms with Crippen LogP contribution >= 0.6 is 0 Å². The molecule has 0 aliphatic rings. The van der Waals surface area contributed by atoms with Gasteiger partial charge in [-0.1, -0.05) is 0 Å². The number of alkyl halides is 1. The van der Waals surface area contributed by atoms with Crippen LogP contribution in [-0.4, -0.2) is 15.8 Å². The van der Waals surface area contributed by atoms with Gasteiger partial charge in [0.2, 0.25) is 0 Å². The van der Waals surface area contributed by atoms with Gasteiger partial charge < -0.3 is 0 Å². The molecule has 0 saturated carbocycles. The van der Waals surface area contributed by atoms with Crippen molar-refractivity contribution in [2.75, 3.05) is 4.93 Å². The van der Waals surface area contributed by atoms with E-state index in [9.17, 15) is 4.79 Å². The molecule has 11 heavy (non-hydrogen) atoms. The van der Waals surface area contributed by atoms with E-state index >= 15 is 0 Å². The van der Waals surface area contributed by atoms with E-state index in [0.717, 1.165) is 3.70 Å². The molecule has 1 aromatic heterocycles. The molecular formula is C7H8IN2O-. The van der Waals surface area contributed by atoms with E-state index in [4.69, 9.17) is 5.73 Å². The number of halogens is 1. The van der Waals surface area contributed by atoms with E-state index in [2.05, 4.69) is 9.91 Å². The molecule has 0 aliphatic carbocycles. The van der Waals surface area contributed by atoms with Gasteiger partial charge in [0.05, 0.1) is 0 Å². The van der Waals surface area contributed by atoms with Crippen LogP contribution in [0.15, 0.2) is 18.2 Å². The van der Waals surface area contributed by atoms with Crippen LogP contribution < -0.4 is 26.9 Å². The molecule has 4 heteroatoms.